The minimum absolute atomic E-state index is 0.172. The van der Waals surface area contributed by atoms with Gasteiger partial charge in [-0.05, 0) is 24.6 Å². The highest BCUT2D eigenvalue weighted by Crippen LogP contribution is 2.16. The van der Waals surface area contributed by atoms with Crippen LogP contribution in [-0.2, 0) is 35.6 Å². The zero-order chi connectivity index (χ0) is 20.1. The lowest BCUT2D eigenvalue weighted by molar-refractivity contribution is -0.122. The van der Waals surface area contributed by atoms with Gasteiger partial charge in [-0.2, -0.15) is 5.10 Å². The predicted octanol–water partition coefficient (Wildman–Crippen LogP) is 1.73. The van der Waals surface area contributed by atoms with Crippen LogP contribution in [0.2, 0.25) is 5.02 Å². The van der Waals surface area contributed by atoms with Gasteiger partial charge < -0.3 is 15.0 Å². The van der Waals surface area contributed by atoms with Crippen molar-refractivity contribution >= 4 is 23.6 Å². The second kappa shape index (κ2) is 8.88. The van der Waals surface area contributed by atoms with Gasteiger partial charge in [-0.25, -0.2) is 9.48 Å². The molecule has 0 unspecified atom stereocenters. The number of carbonyl (C=O) groups is 2. The number of hydrogen-bond acceptors (Lipinski definition) is 5. The zero-order valence-corrected chi connectivity index (χ0v) is 16.2. The van der Waals surface area contributed by atoms with E-state index < -0.39 is 6.09 Å². The summed E-state index contributed by atoms with van der Waals surface area (Å²) in [6.45, 7) is 2.91. The first-order valence-corrected chi connectivity index (χ1v) is 9.37. The lowest BCUT2D eigenvalue weighted by atomic mass is 10.1. The van der Waals surface area contributed by atoms with Gasteiger partial charge in [-0.15, -0.1) is 0 Å². The molecule has 0 saturated carbocycles. The molecule has 148 valence electrons. The number of fused-ring (bicyclic) bond motifs is 1. The molecule has 0 saturated heterocycles. The number of hydrogen-bond donors (Lipinski definition) is 1. The van der Waals surface area contributed by atoms with E-state index >= 15 is 0 Å². The van der Waals surface area contributed by atoms with Crippen molar-refractivity contribution in [2.24, 2.45) is 0 Å². The van der Waals surface area contributed by atoms with Crippen LogP contribution in [0.1, 0.15) is 23.7 Å². The molecule has 0 aliphatic carbocycles. The number of nitrogens with zero attached hydrogens (tertiary/aromatic N) is 3. The van der Waals surface area contributed by atoms with Crippen LogP contribution in [0.4, 0.5) is 4.79 Å². The molecule has 8 nitrogen and oxygen atoms in total. The minimum atomic E-state index is -0.405. The molecule has 1 aromatic heterocycles. The van der Waals surface area contributed by atoms with E-state index in [9.17, 15) is 14.4 Å². The molecular weight excluding hydrogens is 384 g/mol. The van der Waals surface area contributed by atoms with E-state index in [0.29, 0.717) is 42.4 Å². The third-order valence-electron chi connectivity index (χ3n) is 4.34. The quantitative estimate of drug-likeness (QED) is 0.819. The van der Waals surface area contributed by atoms with E-state index in [1.807, 2.05) is 6.07 Å². The van der Waals surface area contributed by atoms with Crippen molar-refractivity contribution in [1.29, 1.82) is 0 Å². The number of halogens is 1. The van der Waals surface area contributed by atoms with Crippen molar-refractivity contribution in [2.45, 2.75) is 33.0 Å². The average molecular weight is 405 g/mol. The highest BCUT2D eigenvalue weighted by atomic mass is 35.5. The van der Waals surface area contributed by atoms with E-state index in [-0.39, 0.29) is 24.6 Å². The molecule has 28 heavy (non-hydrogen) atoms. The third-order valence-corrected chi connectivity index (χ3v) is 4.58. The van der Waals surface area contributed by atoms with Crippen LogP contribution in [0.5, 0.6) is 0 Å². The fourth-order valence-electron chi connectivity index (χ4n) is 2.96. The Labute approximate surface area is 167 Å². The van der Waals surface area contributed by atoms with Gasteiger partial charge >= 0.3 is 6.09 Å². The van der Waals surface area contributed by atoms with Crippen LogP contribution in [0.3, 0.4) is 0 Å². The van der Waals surface area contributed by atoms with Crippen LogP contribution in [-0.4, -0.2) is 39.8 Å². The predicted molar refractivity (Wildman–Crippen MR) is 103 cm³/mol. The summed E-state index contributed by atoms with van der Waals surface area (Å²) in [5.41, 5.74) is 1.87. The summed E-state index contributed by atoms with van der Waals surface area (Å²) in [7, 11) is 0. The fourth-order valence-corrected chi connectivity index (χ4v) is 3.18. The Morgan fingerprint density at radius 3 is 2.89 bits per heavy atom. The Bertz CT molecular complexity index is 944. The lowest BCUT2D eigenvalue weighted by Gasteiger charge is -2.27. The molecule has 0 spiro atoms. The smallest absolute Gasteiger partial charge is 0.410 e. The van der Waals surface area contributed by atoms with Gasteiger partial charge in [0.2, 0.25) is 5.91 Å². The van der Waals surface area contributed by atoms with E-state index in [4.69, 9.17) is 16.3 Å². The number of rotatable bonds is 5. The molecule has 0 bridgehead atoms. The Kier molecular flexibility index (Phi) is 6.30. The fraction of sp³-hybridized carbons (Fsp3) is 0.368. The van der Waals surface area contributed by atoms with Crippen LogP contribution in [0.25, 0.3) is 0 Å². The molecule has 2 amide bonds. The third kappa shape index (κ3) is 4.89. The van der Waals surface area contributed by atoms with Gasteiger partial charge in [0.25, 0.3) is 5.56 Å². The topological polar surface area (TPSA) is 93.5 Å². The SMILES string of the molecule is CCOC(=O)N1CCc2nn(CC(=O)NCc3cccc(Cl)c3)c(=O)cc2C1. The average Bonchev–Trinajstić information content (AvgIpc) is 2.67. The van der Waals surface area contributed by atoms with Gasteiger partial charge in [-0.1, -0.05) is 23.7 Å². The summed E-state index contributed by atoms with van der Waals surface area (Å²) >= 11 is 5.92. The van der Waals surface area contributed by atoms with Crippen LogP contribution in [0.15, 0.2) is 35.1 Å². The van der Waals surface area contributed by atoms with Gasteiger partial charge in [0.15, 0.2) is 0 Å². The summed E-state index contributed by atoms with van der Waals surface area (Å²) < 4.78 is 6.14. The Balaban J connectivity index is 1.63. The second-order valence-electron chi connectivity index (χ2n) is 6.39. The normalized spacial score (nSPS) is 13.0. The van der Waals surface area contributed by atoms with Crippen molar-refractivity contribution in [1.82, 2.24) is 20.0 Å². The molecule has 2 aromatic rings. The molecular formula is C19H21ClN4O4. The van der Waals surface area contributed by atoms with Crippen molar-refractivity contribution < 1.29 is 14.3 Å². The monoisotopic (exact) mass is 404 g/mol. The van der Waals surface area contributed by atoms with E-state index in [0.717, 1.165) is 10.2 Å². The van der Waals surface area contributed by atoms with E-state index in [2.05, 4.69) is 10.4 Å². The summed E-state index contributed by atoms with van der Waals surface area (Å²) in [5.74, 6) is -0.321. The number of benzene rings is 1. The van der Waals surface area contributed by atoms with Gasteiger partial charge in [-0.3, -0.25) is 9.59 Å². The molecule has 3 rings (SSSR count). The van der Waals surface area contributed by atoms with Crippen molar-refractivity contribution in [3.05, 3.63) is 62.5 Å². The van der Waals surface area contributed by atoms with Crippen molar-refractivity contribution in [3.63, 3.8) is 0 Å². The van der Waals surface area contributed by atoms with Crippen molar-refractivity contribution in [2.75, 3.05) is 13.2 Å². The summed E-state index contributed by atoms with van der Waals surface area (Å²) in [6, 6.07) is 8.61. The molecule has 1 N–H and O–H groups in total. The standard InChI is InChI=1S/C19H21ClN4O4/c1-2-28-19(27)23-7-6-16-14(11-23)9-18(26)24(22-16)12-17(25)21-10-13-4-3-5-15(20)8-13/h3-5,8-9H,2,6-7,10-12H2,1H3,(H,21,25). The maximum absolute atomic E-state index is 12.3. The molecule has 0 radical (unpaired) electrons. The van der Waals surface area contributed by atoms with Crippen molar-refractivity contribution in [3.8, 4) is 0 Å². The molecule has 0 atom stereocenters. The number of ether oxygens (including phenoxy) is 1. The highest BCUT2D eigenvalue weighted by molar-refractivity contribution is 6.30. The Morgan fingerprint density at radius 2 is 2.14 bits per heavy atom. The zero-order valence-electron chi connectivity index (χ0n) is 15.5. The van der Waals surface area contributed by atoms with Crippen LogP contribution >= 0.6 is 11.6 Å². The molecule has 1 aliphatic heterocycles. The van der Waals surface area contributed by atoms with Gasteiger partial charge in [0.1, 0.15) is 6.54 Å². The van der Waals surface area contributed by atoms with Gasteiger partial charge in [0.05, 0.1) is 18.8 Å². The second-order valence-corrected chi connectivity index (χ2v) is 6.83. The Hall–Kier alpha value is -2.87. The highest BCUT2D eigenvalue weighted by Gasteiger charge is 2.24. The number of aromatic nitrogens is 2. The largest absolute Gasteiger partial charge is 0.450 e. The molecule has 1 aliphatic rings. The number of amides is 2. The molecule has 2 heterocycles. The number of nitrogens with one attached hydrogen (secondary N) is 1. The summed E-state index contributed by atoms with van der Waals surface area (Å²) in [6.07, 6.45) is 0.0937. The molecule has 0 fully saturated rings. The first-order chi connectivity index (χ1) is 13.5. The number of carbonyl (C=O) groups excluding carboxylic acids is 2. The molecule has 1 aromatic carbocycles. The Morgan fingerprint density at radius 1 is 1.32 bits per heavy atom. The summed E-state index contributed by atoms with van der Waals surface area (Å²) in [5, 5.41) is 7.65. The maximum Gasteiger partial charge on any atom is 0.410 e. The van der Waals surface area contributed by atoms with E-state index in [1.165, 1.54) is 11.0 Å². The van der Waals surface area contributed by atoms with Crippen LogP contribution < -0.4 is 10.9 Å². The minimum Gasteiger partial charge on any atom is -0.450 e. The maximum atomic E-state index is 12.3. The molecule has 9 heteroatoms. The summed E-state index contributed by atoms with van der Waals surface area (Å²) in [4.78, 5) is 37.9. The van der Waals surface area contributed by atoms with Gasteiger partial charge in [0, 0.05) is 36.2 Å². The van der Waals surface area contributed by atoms with Crippen LogP contribution in [0, 0.1) is 0 Å². The van der Waals surface area contributed by atoms with E-state index in [1.54, 1.807) is 25.1 Å². The lowest BCUT2D eigenvalue weighted by Crippen LogP contribution is -2.40. The first kappa shape index (κ1) is 19.9. The first-order valence-electron chi connectivity index (χ1n) is 8.99.